The first-order valence-corrected chi connectivity index (χ1v) is 6.86. The number of benzene rings is 1. The van der Waals surface area contributed by atoms with E-state index in [1.165, 1.54) is 0 Å². The number of aliphatic carboxylic acids is 1. The van der Waals surface area contributed by atoms with Gasteiger partial charge in [0.05, 0.1) is 11.6 Å². The molecule has 0 aromatic heterocycles. The molecule has 0 saturated heterocycles. The molecule has 0 aliphatic rings. The molecule has 0 unspecified atom stereocenters. The number of amides is 1. The van der Waals surface area contributed by atoms with Crippen LogP contribution in [0.1, 0.15) is 44.7 Å². The normalized spacial score (nSPS) is 13.6. The molecule has 0 heterocycles. The SMILES string of the molecule is C[C@@H](c1ccc(C#N)cc1)[C@@H](NC(=O)OC(C)(C)C)C(=O)O. The summed E-state index contributed by atoms with van der Waals surface area (Å²) in [4.78, 5) is 23.2. The maximum atomic E-state index is 11.8. The summed E-state index contributed by atoms with van der Waals surface area (Å²) in [7, 11) is 0. The number of hydrogen-bond acceptors (Lipinski definition) is 4. The molecule has 0 saturated carbocycles. The highest BCUT2D eigenvalue weighted by atomic mass is 16.6. The Morgan fingerprint density at radius 2 is 1.82 bits per heavy atom. The van der Waals surface area contributed by atoms with Gasteiger partial charge < -0.3 is 15.2 Å². The fourth-order valence-electron chi connectivity index (χ4n) is 1.89. The lowest BCUT2D eigenvalue weighted by Gasteiger charge is -2.25. The Hall–Kier alpha value is -2.55. The summed E-state index contributed by atoms with van der Waals surface area (Å²) < 4.78 is 5.08. The minimum Gasteiger partial charge on any atom is -0.480 e. The lowest BCUT2D eigenvalue weighted by molar-refractivity contribution is -0.140. The van der Waals surface area contributed by atoms with E-state index in [9.17, 15) is 14.7 Å². The van der Waals surface area contributed by atoms with Crippen LogP contribution in [-0.4, -0.2) is 28.8 Å². The molecule has 0 spiro atoms. The molecule has 6 nitrogen and oxygen atoms in total. The highest BCUT2D eigenvalue weighted by Crippen LogP contribution is 2.20. The number of ether oxygens (including phenoxy) is 1. The van der Waals surface area contributed by atoms with Gasteiger partial charge in [0.25, 0.3) is 0 Å². The van der Waals surface area contributed by atoms with Gasteiger partial charge in [-0.1, -0.05) is 19.1 Å². The van der Waals surface area contributed by atoms with E-state index in [0.717, 1.165) is 0 Å². The molecule has 0 aliphatic heterocycles. The molecule has 1 rings (SSSR count). The van der Waals surface area contributed by atoms with Crippen LogP contribution in [0.2, 0.25) is 0 Å². The molecule has 2 atom stereocenters. The number of carbonyl (C=O) groups excluding carboxylic acids is 1. The summed E-state index contributed by atoms with van der Waals surface area (Å²) in [5, 5.41) is 20.5. The van der Waals surface area contributed by atoms with E-state index < -0.39 is 29.6 Å². The van der Waals surface area contributed by atoms with Crippen LogP contribution >= 0.6 is 0 Å². The van der Waals surface area contributed by atoms with Gasteiger partial charge in [-0.15, -0.1) is 0 Å². The van der Waals surface area contributed by atoms with Crippen molar-refractivity contribution in [1.82, 2.24) is 5.32 Å². The topological polar surface area (TPSA) is 99.4 Å². The highest BCUT2D eigenvalue weighted by molar-refractivity contribution is 5.81. The molecule has 1 aromatic rings. The van der Waals surface area contributed by atoms with Gasteiger partial charge in [-0.3, -0.25) is 0 Å². The van der Waals surface area contributed by atoms with Gasteiger partial charge in [0.1, 0.15) is 11.6 Å². The number of nitrogens with one attached hydrogen (secondary N) is 1. The Bertz CT molecular complexity index is 582. The third kappa shape index (κ3) is 5.09. The zero-order valence-electron chi connectivity index (χ0n) is 13.1. The standard InChI is InChI=1S/C16H20N2O4/c1-10(12-7-5-11(9-17)6-8-12)13(14(19)20)18-15(21)22-16(2,3)4/h5-8,10,13H,1-4H3,(H,18,21)(H,19,20)/t10-,13+/m0/s1. The van der Waals surface area contributed by atoms with Gasteiger partial charge in [0.15, 0.2) is 0 Å². The number of hydrogen-bond donors (Lipinski definition) is 2. The van der Waals surface area contributed by atoms with E-state index >= 15 is 0 Å². The third-order valence-corrected chi connectivity index (χ3v) is 3.00. The molecule has 118 valence electrons. The quantitative estimate of drug-likeness (QED) is 0.890. The summed E-state index contributed by atoms with van der Waals surface area (Å²) in [6, 6.07) is 7.45. The summed E-state index contributed by atoms with van der Waals surface area (Å²) in [5.74, 6) is -1.62. The first-order valence-electron chi connectivity index (χ1n) is 6.86. The van der Waals surface area contributed by atoms with Crippen molar-refractivity contribution in [2.45, 2.75) is 45.3 Å². The second-order valence-corrected chi connectivity index (χ2v) is 5.98. The maximum absolute atomic E-state index is 11.8. The highest BCUT2D eigenvalue weighted by Gasteiger charge is 2.29. The molecular formula is C16H20N2O4. The molecule has 1 aromatic carbocycles. The van der Waals surface area contributed by atoms with Crippen LogP contribution < -0.4 is 5.32 Å². The van der Waals surface area contributed by atoms with E-state index in [0.29, 0.717) is 11.1 Å². The van der Waals surface area contributed by atoms with Crippen LogP contribution in [0.3, 0.4) is 0 Å². The zero-order valence-corrected chi connectivity index (χ0v) is 13.1. The summed E-state index contributed by atoms with van der Waals surface area (Å²) >= 11 is 0. The maximum Gasteiger partial charge on any atom is 0.408 e. The zero-order chi connectivity index (χ0) is 16.9. The first-order chi connectivity index (χ1) is 10.1. The van der Waals surface area contributed by atoms with Gasteiger partial charge in [-0.25, -0.2) is 9.59 Å². The Balaban J connectivity index is 2.88. The fourth-order valence-corrected chi connectivity index (χ4v) is 1.89. The Labute approximate surface area is 129 Å². The molecule has 0 radical (unpaired) electrons. The Morgan fingerprint density at radius 1 is 1.27 bits per heavy atom. The number of nitrogens with zero attached hydrogens (tertiary/aromatic N) is 1. The molecule has 0 aliphatic carbocycles. The molecule has 6 heteroatoms. The van der Waals surface area contributed by atoms with E-state index in [1.54, 1.807) is 52.0 Å². The Kier molecular flexibility index (Phi) is 5.52. The number of alkyl carbamates (subject to hydrolysis) is 1. The number of carboxylic acids is 1. The largest absolute Gasteiger partial charge is 0.480 e. The van der Waals surface area contributed by atoms with E-state index in [4.69, 9.17) is 10.00 Å². The van der Waals surface area contributed by atoms with Gasteiger partial charge >= 0.3 is 12.1 Å². The predicted octanol–water partition coefficient (Wildman–Crippen LogP) is 2.64. The average molecular weight is 304 g/mol. The summed E-state index contributed by atoms with van der Waals surface area (Å²) in [6.45, 7) is 6.79. The lowest BCUT2D eigenvalue weighted by Crippen LogP contribution is -2.46. The predicted molar refractivity (Wildman–Crippen MR) is 80.4 cm³/mol. The van der Waals surface area contributed by atoms with Crippen molar-refractivity contribution >= 4 is 12.1 Å². The van der Waals surface area contributed by atoms with E-state index in [1.807, 2.05) is 6.07 Å². The number of carbonyl (C=O) groups is 2. The van der Waals surface area contributed by atoms with Crippen molar-refractivity contribution in [3.8, 4) is 6.07 Å². The van der Waals surface area contributed by atoms with Crippen molar-refractivity contribution in [3.63, 3.8) is 0 Å². The minimum atomic E-state index is -1.15. The minimum absolute atomic E-state index is 0.474. The second kappa shape index (κ2) is 6.94. The van der Waals surface area contributed by atoms with Crippen molar-refractivity contribution in [3.05, 3.63) is 35.4 Å². The molecule has 2 N–H and O–H groups in total. The second-order valence-electron chi connectivity index (χ2n) is 5.98. The van der Waals surface area contributed by atoms with Gasteiger partial charge in [0, 0.05) is 5.92 Å². The number of nitriles is 1. The van der Waals surface area contributed by atoms with Crippen molar-refractivity contribution in [2.75, 3.05) is 0 Å². The smallest absolute Gasteiger partial charge is 0.408 e. The van der Waals surface area contributed by atoms with E-state index in [-0.39, 0.29) is 0 Å². The monoisotopic (exact) mass is 304 g/mol. The number of rotatable bonds is 4. The molecule has 22 heavy (non-hydrogen) atoms. The average Bonchev–Trinajstić information content (AvgIpc) is 2.42. The van der Waals surface area contributed by atoms with Crippen LogP contribution in [-0.2, 0) is 9.53 Å². The van der Waals surface area contributed by atoms with Crippen molar-refractivity contribution in [2.24, 2.45) is 0 Å². The van der Waals surface area contributed by atoms with E-state index in [2.05, 4.69) is 5.32 Å². The van der Waals surface area contributed by atoms with Crippen LogP contribution in [0.4, 0.5) is 4.79 Å². The van der Waals surface area contributed by atoms with Gasteiger partial charge in [-0.2, -0.15) is 5.26 Å². The molecular weight excluding hydrogens is 284 g/mol. The van der Waals surface area contributed by atoms with Crippen molar-refractivity contribution < 1.29 is 19.4 Å². The van der Waals surface area contributed by atoms with Crippen molar-refractivity contribution in [1.29, 1.82) is 5.26 Å². The Morgan fingerprint density at radius 3 is 2.23 bits per heavy atom. The molecule has 0 bridgehead atoms. The van der Waals surface area contributed by atoms with Crippen LogP contribution in [0, 0.1) is 11.3 Å². The summed E-state index contributed by atoms with van der Waals surface area (Å²) in [6.07, 6.45) is -0.777. The number of carboxylic acid groups (broad SMARTS) is 1. The van der Waals surface area contributed by atoms with Gasteiger partial charge in [0.2, 0.25) is 0 Å². The van der Waals surface area contributed by atoms with Crippen LogP contribution in [0.5, 0.6) is 0 Å². The molecule has 1 amide bonds. The fraction of sp³-hybridized carbons (Fsp3) is 0.438. The summed E-state index contributed by atoms with van der Waals surface area (Å²) in [5.41, 5.74) is 0.496. The third-order valence-electron chi connectivity index (χ3n) is 3.00. The van der Waals surface area contributed by atoms with Crippen LogP contribution in [0.15, 0.2) is 24.3 Å². The van der Waals surface area contributed by atoms with Crippen LogP contribution in [0.25, 0.3) is 0 Å². The van der Waals surface area contributed by atoms with Gasteiger partial charge in [-0.05, 0) is 38.5 Å². The first kappa shape index (κ1) is 17.5. The molecule has 0 fully saturated rings. The lowest BCUT2D eigenvalue weighted by atomic mass is 9.93.